The summed E-state index contributed by atoms with van der Waals surface area (Å²) in [6.07, 6.45) is -2.52. The van der Waals surface area contributed by atoms with Gasteiger partial charge in [0.15, 0.2) is 6.29 Å². The molecular formula is C33H36O6S. The van der Waals surface area contributed by atoms with Crippen LogP contribution in [0.4, 0.5) is 0 Å². The quantitative estimate of drug-likeness (QED) is 0.178. The minimum absolute atomic E-state index is 0.317. The third-order valence-electron chi connectivity index (χ3n) is 6.79. The molecule has 0 radical (unpaired) electrons. The monoisotopic (exact) mass is 560 g/mol. The Hall–Kier alpha value is -2.88. The molecule has 5 atom stereocenters. The minimum Gasteiger partial charge on any atom is -0.374 e. The molecule has 4 aromatic rings. The molecule has 1 aromatic heterocycles. The van der Waals surface area contributed by atoms with Gasteiger partial charge in [-0.3, -0.25) is 0 Å². The zero-order valence-electron chi connectivity index (χ0n) is 22.7. The fourth-order valence-electron chi connectivity index (χ4n) is 4.74. The van der Waals surface area contributed by atoms with Crippen LogP contribution in [0.2, 0.25) is 0 Å². The lowest BCUT2D eigenvalue weighted by Gasteiger charge is -2.45. The van der Waals surface area contributed by atoms with E-state index >= 15 is 0 Å². The van der Waals surface area contributed by atoms with Crippen molar-refractivity contribution in [3.05, 3.63) is 130 Å². The molecule has 0 spiro atoms. The topological polar surface area (TPSA) is 55.4 Å². The molecule has 1 aliphatic heterocycles. The van der Waals surface area contributed by atoms with E-state index in [4.69, 9.17) is 28.4 Å². The van der Waals surface area contributed by atoms with Crippen molar-refractivity contribution >= 4 is 11.3 Å². The smallest absolute Gasteiger partial charge is 0.186 e. The highest BCUT2D eigenvalue weighted by atomic mass is 32.1. The number of hydrogen-bond acceptors (Lipinski definition) is 7. The van der Waals surface area contributed by atoms with Crippen LogP contribution < -0.4 is 0 Å². The first-order chi connectivity index (χ1) is 19.8. The number of benzene rings is 3. The van der Waals surface area contributed by atoms with E-state index in [1.54, 1.807) is 18.4 Å². The molecule has 0 N–H and O–H groups in total. The minimum atomic E-state index is -0.650. The Kier molecular flexibility index (Phi) is 10.9. The lowest BCUT2D eigenvalue weighted by molar-refractivity contribution is -0.323. The molecule has 0 unspecified atom stereocenters. The van der Waals surface area contributed by atoms with Crippen LogP contribution in [0.5, 0.6) is 0 Å². The molecule has 2 heterocycles. The van der Waals surface area contributed by atoms with E-state index in [9.17, 15) is 0 Å². The summed E-state index contributed by atoms with van der Waals surface area (Å²) in [6.45, 7) is 2.03. The molecule has 3 aromatic carbocycles. The molecule has 0 bridgehead atoms. The van der Waals surface area contributed by atoms with Crippen LogP contribution in [0, 0.1) is 0 Å². The van der Waals surface area contributed by atoms with E-state index in [1.807, 2.05) is 90.3 Å². The second kappa shape index (κ2) is 15.2. The van der Waals surface area contributed by atoms with E-state index in [2.05, 4.69) is 18.2 Å². The van der Waals surface area contributed by atoms with Crippen LogP contribution in [0.1, 0.15) is 21.6 Å². The molecule has 6 nitrogen and oxygen atoms in total. The molecule has 7 heteroatoms. The highest BCUT2D eigenvalue weighted by Gasteiger charge is 2.48. The summed E-state index contributed by atoms with van der Waals surface area (Å²) in [6, 6.07) is 34.4. The zero-order chi connectivity index (χ0) is 27.4. The molecule has 0 aliphatic carbocycles. The van der Waals surface area contributed by atoms with Gasteiger partial charge in [-0.05, 0) is 28.1 Å². The second-order valence-corrected chi connectivity index (χ2v) is 10.7. The van der Waals surface area contributed by atoms with Gasteiger partial charge in [-0.1, -0.05) is 97.1 Å². The van der Waals surface area contributed by atoms with Crippen LogP contribution in [-0.2, 0) is 54.8 Å². The van der Waals surface area contributed by atoms with Crippen molar-refractivity contribution in [2.75, 3.05) is 13.7 Å². The van der Waals surface area contributed by atoms with Gasteiger partial charge in [0.2, 0.25) is 0 Å². The lowest BCUT2D eigenvalue weighted by Crippen LogP contribution is -2.61. The SMILES string of the molecule is CO[C@H]1O[C@H](COCc2ccccc2)[C@@H](OCc2ccccc2)[C@H](OCc2ccccc2)[C@H]1OCc1cccs1. The maximum Gasteiger partial charge on any atom is 0.186 e. The molecule has 40 heavy (non-hydrogen) atoms. The van der Waals surface area contributed by atoms with Crippen LogP contribution in [0.3, 0.4) is 0 Å². The summed E-state index contributed by atoms with van der Waals surface area (Å²) in [5.74, 6) is 0. The Morgan fingerprint density at radius 2 is 1.15 bits per heavy atom. The maximum absolute atomic E-state index is 6.62. The zero-order valence-corrected chi connectivity index (χ0v) is 23.5. The Morgan fingerprint density at radius 3 is 1.70 bits per heavy atom. The predicted octanol–water partition coefficient (Wildman–Crippen LogP) is 6.39. The van der Waals surface area contributed by atoms with E-state index < -0.39 is 30.7 Å². The predicted molar refractivity (Wildman–Crippen MR) is 155 cm³/mol. The third kappa shape index (κ3) is 8.08. The van der Waals surface area contributed by atoms with Gasteiger partial charge >= 0.3 is 0 Å². The fraction of sp³-hybridized carbons (Fsp3) is 0.333. The molecule has 5 rings (SSSR count). The Bertz CT molecular complexity index is 1220. The van der Waals surface area contributed by atoms with Crippen LogP contribution >= 0.6 is 11.3 Å². The summed E-state index contributed by atoms with van der Waals surface area (Å²) in [5, 5.41) is 2.04. The summed E-state index contributed by atoms with van der Waals surface area (Å²) in [4.78, 5) is 1.12. The van der Waals surface area contributed by atoms with E-state index in [1.165, 1.54) is 0 Å². The standard InChI is InChI=1S/C33H36O6S/c1-34-33-32(38-23-28-18-11-19-40-28)31(37-22-27-16-9-4-10-17-27)30(36-21-26-14-7-3-8-15-26)29(39-33)24-35-20-25-12-5-2-6-13-25/h2-19,29-33H,20-24H2,1H3/t29-,30-,31+,32-,33+/m1/s1. The molecule has 0 saturated carbocycles. The third-order valence-corrected chi connectivity index (χ3v) is 7.64. The average Bonchev–Trinajstić information content (AvgIpc) is 3.54. The average molecular weight is 561 g/mol. The lowest BCUT2D eigenvalue weighted by atomic mass is 9.98. The van der Waals surface area contributed by atoms with Crippen molar-refractivity contribution in [2.45, 2.75) is 57.1 Å². The first kappa shape index (κ1) is 28.6. The van der Waals surface area contributed by atoms with Crippen LogP contribution in [0.25, 0.3) is 0 Å². The first-order valence-electron chi connectivity index (χ1n) is 13.5. The number of thiophene rings is 1. The van der Waals surface area contributed by atoms with Gasteiger partial charge < -0.3 is 28.4 Å². The van der Waals surface area contributed by atoms with Gasteiger partial charge in [0.1, 0.15) is 24.4 Å². The van der Waals surface area contributed by atoms with Crippen molar-refractivity contribution in [3.8, 4) is 0 Å². The second-order valence-electron chi connectivity index (χ2n) is 9.66. The van der Waals surface area contributed by atoms with Crippen LogP contribution in [0.15, 0.2) is 109 Å². The Morgan fingerprint density at radius 1 is 0.600 bits per heavy atom. The Balaban J connectivity index is 1.38. The summed E-state index contributed by atoms with van der Waals surface area (Å²) in [7, 11) is 1.63. The van der Waals surface area contributed by atoms with Crippen molar-refractivity contribution in [3.63, 3.8) is 0 Å². The summed E-state index contributed by atoms with van der Waals surface area (Å²) < 4.78 is 38.1. The summed E-state index contributed by atoms with van der Waals surface area (Å²) in [5.41, 5.74) is 3.23. The molecule has 210 valence electrons. The van der Waals surface area contributed by atoms with Crippen molar-refractivity contribution in [1.29, 1.82) is 0 Å². The molecule has 1 aliphatic rings. The van der Waals surface area contributed by atoms with Gasteiger partial charge in [-0.25, -0.2) is 0 Å². The number of rotatable bonds is 14. The van der Waals surface area contributed by atoms with Gasteiger partial charge in [0, 0.05) is 12.0 Å². The molecule has 1 saturated heterocycles. The van der Waals surface area contributed by atoms with Crippen molar-refractivity contribution in [2.24, 2.45) is 0 Å². The van der Waals surface area contributed by atoms with Gasteiger partial charge in [0.25, 0.3) is 0 Å². The van der Waals surface area contributed by atoms with Gasteiger partial charge in [-0.15, -0.1) is 11.3 Å². The molecule has 1 fully saturated rings. The van der Waals surface area contributed by atoms with Crippen LogP contribution in [-0.4, -0.2) is 44.4 Å². The number of methoxy groups -OCH3 is 1. The van der Waals surface area contributed by atoms with E-state index in [-0.39, 0.29) is 0 Å². The highest BCUT2D eigenvalue weighted by molar-refractivity contribution is 7.09. The largest absolute Gasteiger partial charge is 0.374 e. The van der Waals surface area contributed by atoms with Crippen molar-refractivity contribution in [1.82, 2.24) is 0 Å². The maximum atomic E-state index is 6.62. The van der Waals surface area contributed by atoms with Gasteiger partial charge in [-0.2, -0.15) is 0 Å². The Labute approximate surface area is 240 Å². The fourth-order valence-corrected chi connectivity index (χ4v) is 5.37. The first-order valence-corrected chi connectivity index (χ1v) is 14.4. The van der Waals surface area contributed by atoms with E-state index in [0.717, 1.165) is 21.6 Å². The normalized spacial score (nSPS) is 22.8. The van der Waals surface area contributed by atoms with Crippen molar-refractivity contribution < 1.29 is 28.4 Å². The molecular weight excluding hydrogens is 524 g/mol. The highest BCUT2D eigenvalue weighted by Crippen LogP contribution is 2.31. The number of ether oxygens (including phenoxy) is 6. The van der Waals surface area contributed by atoms with Gasteiger partial charge in [0.05, 0.1) is 33.0 Å². The molecule has 0 amide bonds. The number of hydrogen-bond donors (Lipinski definition) is 0. The van der Waals surface area contributed by atoms with E-state index in [0.29, 0.717) is 33.0 Å². The summed E-state index contributed by atoms with van der Waals surface area (Å²) >= 11 is 1.65.